The lowest BCUT2D eigenvalue weighted by molar-refractivity contribution is -0.593. The maximum Gasteiger partial charge on any atom is 0.293 e. The van der Waals surface area contributed by atoms with Crippen molar-refractivity contribution in [3.63, 3.8) is 0 Å². The van der Waals surface area contributed by atoms with Crippen molar-refractivity contribution in [3.05, 3.63) is 26.4 Å². The summed E-state index contributed by atoms with van der Waals surface area (Å²) < 4.78 is 2.35. The average Bonchev–Trinajstić information content (AvgIpc) is 1.82. The summed E-state index contributed by atoms with van der Waals surface area (Å²) in [5, 5.41) is 11.3. The van der Waals surface area contributed by atoms with Crippen molar-refractivity contribution < 1.29 is 4.73 Å². The van der Waals surface area contributed by atoms with E-state index in [0.29, 0.717) is 5.82 Å². The van der Waals surface area contributed by atoms with Crippen LogP contribution in [0.4, 0.5) is 5.82 Å². The number of hydrogen-bond donors (Lipinski definition) is 0. The molecule has 0 spiro atoms. The van der Waals surface area contributed by atoms with E-state index < -0.39 is 0 Å². The Morgan fingerprint density at radius 2 is 2.00 bits per heavy atom. The van der Waals surface area contributed by atoms with Gasteiger partial charge in [0.1, 0.15) is 10.7 Å². The van der Waals surface area contributed by atoms with Gasteiger partial charge in [0.15, 0.2) is 0 Å². The summed E-state index contributed by atoms with van der Waals surface area (Å²) in [6.07, 6.45) is 1.47. The molecule has 0 aliphatic heterocycles. The van der Waals surface area contributed by atoms with Gasteiger partial charge in [0.2, 0.25) is 0 Å². The molecule has 12 heavy (non-hydrogen) atoms. The first-order valence-electron chi connectivity index (χ1n) is 3.28. The second-order valence-electron chi connectivity index (χ2n) is 2.55. The minimum atomic E-state index is 0.596. The van der Waals surface area contributed by atoms with Gasteiger partial charge in [0.25, 0.3) is 5.82 Å². The molecule has 5 heteroatoms. The Kier molecular flexibility index (Phi) is 2.95. The Hall–Kier alpha value is -0.290. The normalized spacial score (nSPS) is 10.0. The van der Waals surface area contributed by atoms with E-state index in [1.807, 2.05) is 20.2 Å². The standard InChI is InChI=1S/C7H8Br2N2O/c1-10(2)7-6(9)3-5(8)4-11(7)12/h3-4H,1-2H3. The summed E-state index contributed by atoms with van der Waals surface area (Å²) in [7, 11) is 3.64. The fraction of sp³-hybridized carbons (Fsp3) is 0.286. The molecule has 0 atom stereocenters. The molecular weight excluding hydrogens is 288 g/mol. The van der Waals surface area contributed by atoms with Crippen molar-refractivity contribution in [1.82, 2.24) is 0 Å². The van der Waals surface area contributed by atoms with Crippen molar-refractivity contribution in [2.24, 2.45) is 0 Å². The number of anilines is 1. The largest absolute Gasteiger partial charge is 0.711 e. The number of pyridine rings is 1. The van der Waals surface area contributed by atoms with E-state index in [2.05, 4.69) is 31.9 Å². The van der Waals surface area contributed by atoms with Gasteiger partial charge in [0, 0.05) is 0 Å². The van der Waals surface area contributed by atoms with Crippen molar-refractivity contribution in [2.75, 3.05) is 19.0 Å². The quantitative estimate of drug-likeness (QED) is 0.585. The molecule has 0 aliphatic rings. The van der Waals surface area contributed by atoms with E-state index in [4.69, 9.17) is 0 Å². The predicted molar refractivity (Wildman–Crippen MR) is 55.1 cm³/mol. The predicted octanol–water partition coefficient (Wildman–Crippen LogP) is 1.91. The van der Waals surface area contributed by atoms with Gasteiger partial charge in [-0.25, -0.2) is 4.73 Å². The zero-order chi connectivity index (χ0) is 9.30. The highest BCUT2D eigenvalue weighted by Gasteiger charge is 2.12. The molecule has 0 N–H and O–H groups in total. The maximum atomic E-state index is 11.3. The highest BCUT2D eigenvalue weighted by Crippen LogP contribution is 2.23. The van der Waals surface area contributed by atoms with Crippen LogP contribution in [0.5, 0.6) is 0 Å². The van der Waals surface area contributed by atoms with E-state index >= 15 is 0 Å². The van der Waals surface area contributed by atoms with Crippen LogP contribution in [0.1, 0.15) is 0 Å². The van der Waals surface area contributed by atoms with Gasteiger partial charge in [-0.1, -0.05) is 0 Å². The number of halogens is 2. The van der Waals surface area contributed by atoms with Crippen LogP contribution in [0.2, 0.25) is 0 Å². The molecule has 0 saturated carbocycles. The van der Waals surface area contributed by atoms with Crippen LogP contribution in [-0.2, 0) is 0 Å². The number of aromatic nitrogens is 1. The molecule has 3 nitrogen and oxygen atoms in total. The van der Waals surface area contributed by atoms with Gasteiger partial charge in [-0.05, 0) is 37.9 Å². The highest BCUT2D eigenvalue weighted by atomic mass is 79.9. The first kappa shape index (κ1) is 9.80. The zero-order valence-corrected chi connectivity index (χ0v) is 9.89. The first-order valence-corrected chi connectivity index (χ1v) is 4.86. The van der Waals surface area contributed by atoms with Gasteiger partial charge in [-0.15, -0.1) is 0 Å². The van der Waals surface area contributed by atoms with E-state index in [1.165, 1.54) is 6.20 Å². The van der Waals surface area contributed by atoms with Crippen LogP contribution < -0.4 is 9.63 Å². The molecule has 0 aliphatic carbocycles. The average molecular weight is 296 g/mol. The van der Waals surface area contributed by atoms with Crippen LogP contribution in [0.25, 0.3) is 0 Å². The highest BCUT2D eigenvalue weighted by molar-refractivity contribution is 9.11. The molecule has 0 saturated heterocycles. The Balaban J connectivity index is 3.28. The van der Waals surface area contributed by atoms with Crippen molar-refractivity contribution >= 4 is 37.7 Å². The molecule has 0 amide bonds. The van der Waals surface area contributed by atoms with E-state index in [-0.39, 0.29) is 0 Å². The van der Waals surface area contributed by atoms with Crippen LogP contribution in [0.3, 0.4) is 0 Å². The molecule has 1 heterocycles. The molecule has 0 fully saturated rings. The van der Waals surface area contributed by atoms with Gasteiger partial charge >= 0.3 is 0 Å². The Morgan fingerprint density at radius 1 is 1.42 bits per heavy atom. The molecule has 1 aromatic rings. The van der Waals surface area contributed by atoms with Crippen LogP contribution >= 0.6 is 31.9 Å². The lowest BCUT2D eigenvalue weighted by atomic mass is 10.4. The lowest BCUT2D eigenvalue weighted by Crippen LogP contribution is -2.34. The molecule has 1 rings (SSSR count). The molecular formula is C7H8Br2N2O. The number of rotatable bonds is 1. The summed E-state index contributed by atoms with van der Waals surface area (Å²) in [6, 6.07) is 1.84. The minimum absolute atomic E-state index is 0.596. The van der Waals surface area contributed by atoms with Gasteiger partial charge < -0.3 is 5.21 Å². The molecule has 0 aromatic carbocycles. The van der Waals surface area contributed by atoms with E-state index in [9.17, 15) is 5.21 Å². The Bertz CT molecular complexity index is 278. The third-order valence-electron chi connectivity index (χ3n) is 1.35. The second-order valence-corrected chi connectivity index (χ2v) is 4.32. The van der Waals surface area contributed by atoms with Crippen molar-refractivity contribution in [2.45, 2.75) is 0 Å². The van der Waals surface area contributed by atoms with Gasteiger partial charge in [0.05, 0.1) is 18.6 Å². The van der Waals surface area contributed by atoms with Crippen molar-refractivity contribution in [3.8, 4) is 0 Å². The molecule has 0 bridgehead atoms. The van der Waals surface area contributed by atoms with E-state index in [1.54, 1.807) is 4.90 Å². The van der Waals surface area contributed by atoms with Crippen LogP contribution in [-0.4, -0.2) is 14.1 Å². The topological polar surface area (TPSA) is 30.2 Å². The Labute approximate surface area is 87.8 Å². The summed E-state index contributed by atoms with van der Waals surface area (Å²) in [6.45, 7) is 0. The Morgan fingerprint density at radius 3 is 2.42 bits per heavy atom. The fourth-order valence-electron chi connectivity index (χ4n) is 0.912. The minimum Gasteiger partial charge on any atom is -0.711 e. The fourth-order valence-corrected chi connectivity index (χ4v) is 2.41. The smallest absolute Gasteiger partial charge is 0.293 e. The monoisotopic (exact) mass is 294 g/mol. The molecule has 1 aromatic heterocycles. The second kappa shape index (κ2) is 3.62. The molecule has 0 radical (unpaired) electrons. The number of nitrogens with zero attached hydrogens (tertiary/aromatic N) is 2. The first-order chi connectivity index (χ1) is 5.52. The summed E-state index contributed by atoms with van der Waals surface area (Å²) >= 11 is 6.53. The summed E-state index contributed by atoms with van der Waals surface area (Å²) in [5.74, 6) is 0.596. The summed E-state index contributed by atoms with van der Waals surface area (Å²) in [4.78, 5) is 1.75. The zero-order valence-electron chi connectivity index (χ0n) is 6.71. The van der Waals surface area contributed by atoms with E-state index in [0.717, 1.165) is 13.7 Å². The van der Waals surface area contributed by atoms with Crippen molar-refractivity contribution in [1.29, 1.82) is 0 Å². The maximum absolute atomic E-state index is 11.3. The third kappa shape index (κ3) is 1.90. The third-order valence-corrected chi connectivity index (χ3v) is 2.37. The SMILES string of the molecule is CN(C)c1c(Br)cc(Br)c[n+]1[O-]. The number of hydrogen-bond acceptors (Lipinski definition) is 2. The lowest BCUT2D eigenvalue weighted by Gasteiger charge is -2.14. The summed E-state index contributed by atoms with van der Waals surface area (Å²) in [5.41, 5.74) is 0. The van der Waals surface area contributed by atoms with Crippen LogP contribution in [0, 0.1) is 5.21 Å². The van der Waals surface area contributed by atoms with Gasteiger partial charge in [-0.2, -0.15) is 0 Å². The molecule has 0 unspecified atom stereocenters. The van der Waals surface area contributed by atoms with Crippen LogP contribution in [0.15, 0.2) is 21.2 Å². The van der Waals surface area contributed by atoms with Gasteiger partial charge in [-0.3, -0.25) is 4.90 Å². The molecule has 66 valence electrons.